The fraction of sp³-hybridized carbons (Fsp3) is 0.0263. The summed E-state index contributed by atoms with van der Waals surface area (Å²) < 4.78 is 24.3. The fourth-order valence-corrected chi connectivity index (χ4v) is 8.17. The molecule has 66 heavy (non-hydrogen) atoms. The summed E-state index contributed by atoms with van der Waals surface area (Å²) in [6.07, 6.45) is 0. The van der Waals surface area contributed by atoms with Crippen LogP contribution in [0.15, 0.2) is 198 Å². The second kappa shape index (κ2) is 27.4. The number of anilines is 2. The first kappa shape index (κ1) is 53.4. The molecule has 0 spiro atoms. The second-order valence-corrected chi connectivity index (χ2v) is 16.0. The van der Waals surface area contributed by atoms with Crippen LogP contribution < -0.4 is 39.7 Å². The minimum absolute atomic E-state index is 0. The molecule has 0 aliphatic rings. The molecule has 0 fully saturated rings. The van der Waals surface area contributed by atoms with E-state index in [1.807, 2.05) is 91.0 Å². The van der Waals surface area contributed by atoms with E-state index < -0.39 is 0 Å². The van der Waals surface area contributed by atoms with Gasteiger partial charge in [0, 0.05) is 64.4 Å². The average Bonchev–Trinajstić information content (AvgIpc) is 4.03. The fourth-order valence-electron chi connectivity index (χ4n) is 5.85. The first-order chi connectivity index (χ1) is 31.6. The molecule has 9 rings (SSSR count). The van der Waals surface area contributed by atoms with Crippen LogP contribution in [0.3, 0.4) is 0 Å². The molecular weight excluding hydrogens is 1220 g/mol. The van der Waals surface area contributed by atoms with Crippen molar-refractivity contribution >= 4 is 177 Å². The second-order valence-electron chi connectivity index (χ2n) is 12.0. The number of furan rings is 3. The topological polar surface area (TPSA) is 293 Å². The minimum Gasteiger partial charge on any atom is -0.455 e. The predicted molar refractivity (Wildman–Crippen MR) is 265 cm³/mol. The minimum atomic E-state index is -0.112. The molecule has 3 aromatic heterocycles. The zero-order valence-electron chi connectivity index (χ0n) is 33.5. The number of carbonyl (C=O) groups is 1. The number of nitrogens with one attached hydrogen (secondary N) is 3. The van der Waals surface area contributed by atoms with Gasteiger partial charge in [-0.25, -0.2) is 0 Å². The third-order valence-corrected chi connectivity index (χ3v) is 11.3. The van der Waals surface area contributed by atoms with Crippen molar-refractivity contribution in [3.05, 3.63) is 136 Å². The summed E-state index contributed by atoms with van der Waals surface area (Å²) in [5.41, 5.74) is 12.6. The van der Waals surface area contributed by atoms with Gasteiger partial charge in [0.25, 0.3) is 0 Å². The molecule has 1 amide bonds. The largest absolute Gasteiger partial charge is 1.00 e. The Bertz CT molecular complexity index is 3280. The molecule has 9 aromatic rings. The van der Waals surface area contributed by atoms with Crippen LogP contribution in [0.5, 0.6) is 0 Å². The van der Waals surface area contributed by atoms with E-state index in [1.54, 1.807) is 0 Å². The van der Waals surface area contributed by atoms with Gasteiger partial charge in [0.15, 0.2) is 11.2 Å². The molecule has 0 atom stereocenters. The van der Waals surface area contributed by atoms with Gasteiger partial charge in [-0.2, -0.15) is 5.53 Å². The third kappa shape index (κ3) is 13.9. The van der Waals surface area contributed by atoms with E-state index in [0.717, 1.165) is 88.2 Å². The van der Waals surface area contributed by atoms with Crippen LogP contribution in [0.4, 0.5) is 11.4 Å². The van der Waals surface area contributed by atoms with Crippen LogP contribution in [0.25, 0.3) is 65.8 Å². The van der Waals surface area contributed by atoms with Crippen molar-refractivity contribution in [2.24, 2.45) is 62.2 Å². The molecule has 0 saturated carbocycles. The van der Waals surface area contributed by atoms with E-state index in [0.29, 0.717) is 11.3 Å². The summed E-state index contributed by atoms with van der Waals surface area (Å²) in [5, 5.41) is 46.8. The number of hydrogen-bond donors (Lipinski definition) is 3. The van der Waals surface area contributed by atoms with Crippen molar-refractivity contribution in [2.45, 2.75) is 6.92 Å². The number of fused-ring (bicyclic) bond motifs is 9. The molecule has 0 aliphatic carbocycles. The molecule has 330 valence electrons. The average molecular weight is 1250 g/mol. The van der Waals surface area contributed by atoms with Gasteiger partial charge in [-0.3, -0.25) is 9.63 Å². The quantitative estimate of drug-likeness (QED) is 0.0346. The molecule has 6 aromatic carbocycles. The third-order valence-electron chi connectivity index (χ3n) is 8.19. The standard InChI is InChI=1S/C14H10BrNO2.C12H7BrClNO.C12H6BrIO.ClHN12.HNO2.Na/c1-8(17)16-11-7-6-10(15)13-9-4-2-3-5-12(9)18-14(11)13;13-8-5-6-9(15-14)12-11(8)7-3-1-2-4-10(7)16-12;13-8-5-6-9(14)12-11(8)7-3-1-2-4-10(7)15-12;1-3-5-7-9-11-13-12-10-8-6-4-2;2-1-3;/h2-7H,1H3,(H,16,17);1-6,15H;1-6H;2H;(H,2,3);/q;;;;;+1/p-1/b;;;4-2?,5-3?,8-6+,9-7+,12-10+,13-11+;;. The number of benzene rings is 6. The summed E-state index contributed by atoms with van der Waals surface area (Å²) >= 11 is 23.3. The summed E-state index contributed by atoms with van der Waals surface area (Å²) in [7, 11) is 0. The number of nitrogens with zero attached hydrogens (tertiary/aromatic N) is 12. The molecular formula is C38H24Br3Cl2IN15NaO6. The summed E-state index contributed by atoms with van der Waals surface area (Å²) in [6.45, 7) is 1.48. The zero-order chi connectivity index (χ0) is 46.7. The van der Waals surface area contributed by atoms with Gasteiger partial charge in [0.2, 0.25) is 5.91 Å². The van der Waals surface area contributed by atoms with Crippen molar-refractivity contribution in [1.82, 2.24) is 0 Å². The van der Waals surface area contributed by atoms with E-state index in [9.17, 15) is 4.79 Å². The van der Waals surface area contributed by atoms with E-state index in [2.05, 4.69) is 156 Å². The van der Waals surface area contributed by atoms with E-state index in [-0.39, 0.29) is 35.5 Å². The van der Waals surface area contributed by atoms with E-state index >= 15 is 0 Å². The molecule has 0 radical (unpaired) electrons. The number of carbonyl (C=O) groups excluding carboxylic acids is 1. The molecule has 0 saturated heterocycles. The molecule has 21 nitrogen and oxygen atoms in total. The van der Waals surface area contributed by atoms with Crippen LogP contribution in [0.1, 0.15) is 6.92 Å². The van der Waals surface area contributed by atoms with Crippen molar-refractivity contribution in [3.63, 3.8) is 0 Å². The van der Waals surface area contributed by atoms with Gasteiger partial charge < -0.3 is 28.7 Å². The number of halogens is 6. The zero-order valence-corrected chi connectivity index (χ0v) is 43.9. The van der Waals surface area contributed by atoms with Crippen LogP contribution in [0.2, 0.25) is 0 Å². The Morgan fingerprint density at radius 1 is 0.606 bits per heavy atom. The van der Waals surface area contributed by atoms with Crippen LogP contribution in [0, 0.1) is 19.2 Å². The van der Waals surface area contributed by atoms with Gasteiger partial charge in [-0.05, 0) is 129 Å². The molecule has 0 aliphatic heterocycles. The van der Waals surface area contributed by atoms with E-state index in [1.165, 1.54) is 6.92 Å². The van der Waals surface area contributed by atoms with Crippen molar-refractivity contribution in [3.8, 4) is 0 Å². The van der Waals surface area contributed by atoms with Crippen molar-refractivity contribution in [1.29, 1.82) is 5.53 Å². The van der Waals surface area contributed by atoms with Gasteiger partial charge in [0.1, 0.15) is 22.3 Å². The van der Waals surface area contributed by atoms with Crippen molar-refractivity contribution < 1.29 is 47.6 Å². The Morgan fingerprint density at radius 3 is 1.39 bits per heavy atom. The van der Waals surface area contributed by atoms with Gasteiger partial charge >= 0.3 is 29.6 Å². The smallest absolute Gasteiger partial charge is 0.455 e. The normalized spacial score (nSPS) is 11.1. The predicted octanol–water partition coefficient (Wildman–Crippen LogP) is 14.4. The van der Waals surface area contributed by atoms with Gasteiger partial charge in [0.05, 0.1) is 26.7 Å². The molecule has 28 heteroatoms. The summed E-state index contributed by atoms with van der Waals surface area (Å²) in [6, 6.07) is 35.5. The molecule has 3 N–H and O–H groups in total. The Hall–Kier alpha value is -5.26. The first-order valence-corrected chi connectivity index (χ1v) is 21.8. The monoisotopic (exact) mass is 1240 g/mol. The van der Waals surface area contributed by atoms with E-state index in [4.69, 9.17) is 52.5 Å². The van der Waals surface area contributed by atoms with Gasteiger partial charge in [-0.1, -0.05) is 107 Å². The SMILES string of the molecule is Brc1ccc(I)c2oc3ccccc3c12.CC(=O)Nc1ccc(Br)c2c1oc1ccccc12.ClNc1ccc(Br)c2c1oc1ccccc12.N=N/N=N/N=N/N=N/N=N/N=NCl.O=N[O-].[Na+]. The first-order valence-electron chi connectivity index (χ1n) is 17.6. The molecule has 3 heterocycles. The maximum atomic E-state index is 11.2. The maximum absolute atomic E-state index is 11.2. The molecule has 0 bridgehead atoms. The summed E-state index contributed by atoms with van der Waals surface area (Å²) in [4.78, 5) is 21.8. The Labute approximate surface area is 441 Å². The number of para-hydroxylation sites is 3. The maximum Gasteiger partial charge on any atom is 1.00 e. The van der Waals surface area contributed by atoms with Crippen LogP contribution >= 0.6 is 93.9 Å². The Kier molecular flexibility index (Phi) is 22.1. The molecule has 0 unspecified atom stereocenters. The summed E-state index contributed by atoms with van der Waals surface area (Å²) in [5.74, 6) is -0.112. The Morgan fingerprint density at radius 2 is 0.970 bits per heavy atom. The Balaban J connectivity index is 0.000000189. The van der Waals surface area contributed by atoms with Gasteiger partial charge in [-0.15, -0.1) is 5.34 Å². The number of rotatable bonds is 7. The van der Waals surface area contributed by atoms with Crippen molar-refractivity contribution in [2.75, 3.05) is 10.2 Å². The van der Waals surface area contributed by atoms with Crippen LogP contribution in [-0.2, 0) is 4.79 Å². The number of hydrogen-bond acceptors (Lipinski definition) is 10. The number of amides is 1. The van der Waals surface area contributed by atoms with Crippen LogP contribution in [-0.4, -0.2) is 5.91 Å².